The number of allylic oxidation sites excluding steroid dienone is 1. The van der Waals surface area contributed by atoms with Gasteiger partial charge in [0.25, 0.3) is 0 Å². The number of benzene rings is 1. The lowest BCUT2D eigenvalue weighted by molar-refractivity contribution is 0.263. The largest absolute Gasteiger partial charge is 0.494 e. The first-order chi connectivity index (χ1) is 11.3. The lowest BCUT2D eigenvalue weighted by Gasteiger charge is -2.12. The van der Waals surface area contributed by atoms with Crippen LogP contribution in [-0.2, 0) is 0 Å². The minimum absolute atomic E-state index is 0.0637. The van der Waals surface area contributed by atoms with Gasteiger partial charge in [0.05, 0.1) is 13.2 Å². The third-order valence-corrected chi connectivity index (χ3v) is 3.85. The van der Waals surface area contributed by atoms with Gasteiger partial charge in [-0.1, -0.05) is 49.9 Å². The van der Waals surface area contributed by atoms with Crippen molar-refractivity contribution in [1.29, 1.82) is 0 Å². The van der Waals surface area contributed by atoms with Crippen LogP contribution in [0.3, 0.4) is 0 Å². The minimum Gasteiger partial charge on any atom is -0.494 e. The van der Waals surface area contributed by atoms with E-state index in [1.54, 1.807) is 0 Å². The van der Waals surface area contributed by atoms with E-state index in [9.17, 15) is 5.11 Å². The Labute approximate surface area is 145 Å². The van der Waals surface area contributed by atoms with Gasteiger partial charge in [0.2, 0.25) is 0 Å². The number of rotatable bonds is 13. The van der Waals surface area contributed by atoms with E-state index in [1.165, 1.54) is 25.7 Å². The molecular formula is C19H30ClNO2. The van der Waals surface area contributed by atoms with Crippen LogP contribution in [-0.4, -0.2) is 30.9 Å². The summed E-state index contributed by atoms with van der Waals surface area (Å²) in [5, 5.41) is 13.4. The maximum atomic E-state index is 9.35. The molecule has 0 unspecified atom stereocenters. The van der Waals surface area contributed by atoms with Gasteiger partial charge in [-0.25, -0.2) is 0 Å². The molecule has 1 rings (SSSR count). The topological polar surface area (TPSA) is 41.5 Å². The lowest BCUT2D eigenvalue weighted by Crippen LogP contribution is -2.31. The fourth-order valence-corrected chi connectivity index (χ4v) is 2.34. The van der Waals surface area contributed by atoms with Crippen molar-refractivity contribution in [2.24, 2.45) is 0 Å². The Hall–Kier alpha value is -1.03. The lowest BCUT2D eigenvalue weighted by atomic mass is 10.2. The normalized spacial score (nSPS) is 12.7. The average molecular weight is 340 g/mol. The third-order valence-electron chi connectivity index (χ3n) is 3.60. The molecule has 0 spiro atoms. The molecule has 0 aliphatic carbocycles. The summed E-state index contributed by atoms with van der Waals surface area (Å²) in [4.78, 5) is 0. The summed E-state index contributed by atoms with van der Waals surface area (Å²) in [5.41, 5.74) is 0. The Balaban J connectivity index is 2.07. The predicted octanol–water partition coefficient (Wildman–Crippen LogP) is 4.59. The summed E-state index contributed by atoms with van der Waals surface area (Å²) in [6.07, 6.45) is 11.0. The fourth-order valence-electron chi connectivity index (χ4n) is 2.22. The molecule has 0 saturated heterocycles. The van der Waals surface area contributed by atoms with Gasteiger partial charge in [0, 0.05) is 11.1 Å². The summed E-state index contributed by atoms with van der Waals surface area (Å²) in [6, 6.07) is 7.47. The Morgan fingerprint density at radius 1 is 1.17 bits per heavy atom. The predicted molar refractivity (Wildman–Crippen MR) is 98.3 cm³/mol. The number of nitrogens with one attached hydrogen (secondary N) is 1. The zero-order valence-electron chi connectivity index (χ0n) is 14.1. The smallest absolute Gasteiger partial charge is 0.119 e. The van der Waals surface area contributed by atoms with Crippen molar-refractivity contribution >= 4 is 11.6 Å². The zero-order valence-corrected chi connectivity index (χ0v) is 14.9. The Bertz CT molecular complexity index is 420. The van der Waals surface area contributed by atoms with Crippen LogP contribution in [0.15, 0.2) is 36.4 Å². The van der Waals surface area contributed by atoms with E-state index in [2.05, 4.69) is 24.4 Å². The molecule has 0 aromatic heterocycles. The number of halogens is 1. The molecule has 1 aromatic rings. The van der Waals surface area contributed by atoms with Gasteiger partial charge in [0.1, 0.15) is 5.75 Å². The molecule has 0 aliphatic heterocycles. The Morgan fingerprint density at radius 2 is 1.96 bits per heavy atom. The molecule has 0 bridgehead atoms. The molecule has 0 heterocycles. The van der Waals surface area contributed by atoms with Crippen molar-refractivity contribution in [2.75, 3.05) is 19.8 Å². The summed E-state index contributed by atoms with van der Waals surface area (Å²) >= 11 is 5.83. The van der Waals surface area contributed by atoms with Crippen LogP contribution in [0, 0.1) is 0 Å². The quantitative estimate of drug-likeness (QED) is 0.408. The van der Waals surface area contributed by atoms with Crippen LogP contribution in [0.1, 0.15) is 45.4 Å². The van der Waals surface area contributed by atoms with Crippen LogP contribution < -0.4 is 10.1 Å². The molecule has 0 radical (unpaired) electrons. The van der Waals surface area contributed by atoms with Crippen molar-refractivity contribution in [3.8, 4) is 5.75 Å². The average Bonchev–Trinajstić information content (AvgIpc) is 2.57. The van der Waals surface area contributed by atoms with Gasteiger partial charge in [-0.3, -0.25) is 0 Å². The van der Waals surface area contributed by atoms with E-state index in [0.717, 1.165) is 30.2 Å². The van der Waals surface area contributed by atoms with Gasteiger partial charge < -0.3 is 15.2 Å². The molecular weight excluding hydrogens is 310 g/mol. The molecule has 1 atom stereocenters. The van der Waals surface area contributed by atoms with E-state index in [1.807, 2.05) is 24.3 Å². The Morgan fingerprint density at radius 3 is 2.65 bits per heavy atom. The first-order valence-corrected chi connectivity index (χ1v) is 9.03. The Kier molecular flexibility index (Phi) is 11.7. The molecule has 1 aromatic carbocycles. The molecule has 23 heavy (non-hydrogen) atoms. The molecule has 0 saturated carbocycles. The second kappa shape index (κ2) is 13.4. The number of hydrogen-bond donors (Lipinski definition) is 2. The van der Waals surface area contributed by atoms with Crippen LogP contribution >= 0.6 is 11.6 Å². The van der Waals surface area contributed by atoms with E-state index >= 15 is 0 Å². The van der Waals surface area contributed by atoms with E-state index in [0.29, 0.717) is 6.61 Å². The van der Waals surface area contributed by atoms with Gasteiger partial charge in [-0.05, 0) is 50.1 Å². The van der Waals surface area contributed by atoms with Crippen molar-refractivity contribution < 1.29 is 9.84 Å². The standard InChI is InChI=1S/C19H30ClNO2/c1-2-3-4-7-14-21-18(16-22)9-6-5-8-15-23-19-12-10-17(20)11-13-19/h6,9-13,18,21-22H,2-5,7-8,14-16H2,1H3/b9-6-/t18-/m0/s1. The molecule has 0 fully saturated rings. The molecule has 3 nitrogen and oxygen atoms in total. The molecule has 2 N–H and O–H groups in total. The van der Waals surface area contributed by atoms with Crippen molar-refractivity contribution in [3.05, 3.63) is 41.4 Å². The number of aliphatic hydroxyl groups excluding tert-OH is 1. The SMILES string of the molecule is CCCCCCN[C@@H](/C=C\CCCOc1ccc(Cl)cc1)CO. The summed E-state index contributed by atoms with van der Waals surface area (Å²) in [6.45, 7) is 4.00. The second-order valence-corrected chi connectivity index (χ2v) is 6.11. The molecule has 4 heteroatoms. The van der Waals surface area contributed by atoms with Crippen LogP contribution in [0.4, 0.5) is 0 Å². The van der Waals surface area contributed by atoms with Crippen LogP contribution in [0.25, 0.3) is 0 Å². The summed E-state index contributed by atoms with van der Waals surface area (Å²) in [5.74, 6) is 0.848. The van der Waals surface area contributed by atoms with Crippen molar-refractivity contribution in [2.45, 2.75) is 51.5 Å². The zero-order chi connectivity index (χ0) is 16.8. The third kappa shape index (κ3) is 10.4. The summed E-state index contributed by atoms with van der Waals surface area (Å²) in [7, 11) is 0. The monoisotopic (exact) mass is 339 g/mol. The summed E-state index contributed by atoms with van der Waals surface area (Å²) < 4.78 is 5.64. The first kappa shape index (κ1) is 20.0. The van der Waals surface area contributed by atoms with Gasteiger partial charge >= 0.3 is 0 Å². The maximum Gasteiger partial charge on any atom is 0.119 e. The van der Waals surface area contributed by atoms with Crippen LogP contribution in [0.2, 0.25) is 5.02 Å². The molecule has 130 valence electrons. The van der Waals surface area contributed by atoms with Gasteiger partial charge in [0.15, 0.2) is 0 Å². The number of unbranched alkanes of at least 4 members (excludes halogenated alkanes) is 4. The highest BCUT2D eigenvalue weighted by Crippen LogP contribution is 2.15. The van der Waals surface area contributed by atoms with E-state index < -0.39 is 0 Å². The second-order valence-electron chi connectivity index (χ2n) is 5.68. The van der Waals surface area contributed by atoms with E-state index in [-0.39, 0.29) is 12.6 Å². The number of aliphatic hydroxyl groups is 1. The maximum absolute atomic E-state index is 9.35. The van der Waals surface area contributed by atoms with Crippen LogP contribution in [0.5, 0.6) is 5.75 Å². The fraction of sp³-hybridized carbons (Fsp3) is 0.579. The number of hydrogen-bond acceptors (Lipinski definition) is 3. The highest BCUT2D eigenvalue weighted by atomic mass is 35.5. The van der Waals surface area contributed by atoms with Crippen molar-refractivity contribution in [3.63, 3.8) is 0 Å². The minimum atomic E-state index is 0.0637. The highest BCUT2D eigenvalue weighted by molar-refractivity contribution is 6.30. The first-order valence-electron chi connectivity index (χ1n) is 8.65. The highest BCUT2D eigenvalue weighted by Gasteiger charge is 2.00. The van der Waals surface area contributed by atoms with Crippen molar-refractivity contribution in [1.82, 2.24) is 5.32 Å². The van der Waals surface area contributed by atoms with E-state index in [4.69, 9.17) is 16.3 Å². The molecule has 0 amide bonds. The van der Waals surface area contributed by atoms with Gasteiger partial charge in [-0.2, -0.15) is 0 Å². The number of ether oxygens (including phenoxy) is 1. The van der Waals surface area contributed by atoms with Gasteiger partial charge in [-0.15, -0.1) is 0 Å². The molecule has 0 aliphatic rings.